The van der Waals surface area contributed by atoms with Crippen LogP contribution in [0.5, 0.6) is 0 Å². The average Bonchev–Trinajstić information content (AvgIpc) is 2.23. The maximum Gasteiger partial charge on any atom is 0.221 e. The molecule has 0 saturated heterocycles. The highest BCUT2D eigenvalue weighted by molar-refractivity contribution is 7.91. The molecular weight excluding hydrogens is 228 g/mol. The fourth-order valence-electron chi connectivity index (χ4n) is 1.17. The van der Waals surface area contributed by atoms with Gasteiger partial charge in [0.05, 0.1) is 5.75 Å². The van der Waals surface area contributed by atoms with Crippen molar-refractivity contribution in [2.45, 2.75) is 26.7 Å². The van der Waals surface area contributed by atoms with Gasteiger partial charge in [-0.1, -0.05) is 6.92 Å². The standard InChI is InChI=1S/C10H22N2O3S/c1-3-12-10(13)6-8-11-7-5-9-16(14,15)4-2/h11H,3-9H2,1-2H3,(H,12,13). The van der Waals surface area contributed by atoms with Crippen molar-refractivity contribution in [3.63, 3.8) is 0 Å². The van der Waals surface area contributed by atoms with E-state index in [1.165, 1.54) is 0 Å². The van der Waals surface area contributed by atoms with Crippen molar-refractivity contribution in [3.05, 3.63) is 0 Å². The molecule has 0 heterocycles. The summed E-state index contributed by atoms with van der Waals surface area (Å²) in [5.74, 6) is 0.444. The van der Waals surface area contributed by atoms with Crippen molar-refractivity contribution in [3.8, 4) is 0 Å². The normalized spacial score (nSPS) is 11.4. The van der Waals surface area contributed by atoms with E-state index in [1.54, 1.807) is 6.92 Å². The van der Waals surface area contributed by atoms with Crippen LogP contribution in [-0.4, -0.2) is 45.5 Å². The second-order valence-electron chi connectivity index (χ2n) is 3.54. The Balaban J connectivity index is 3.38. The largest absolute Gasteiger partial charge is 0.356 e. The number of carbonyl (C=O) groups excluding carboxylic acids is 1. The minimum absolute atomic E-state index is 0.0242. The van der Waals surface area contributed by atoms with E-state index < -0.39 is 9.84 Å². The van der Waals surface area contributed by atoms with Crippen LogP contribution in [0.1, 0.15) is 26.7 Å². The fourth-order valence-corrected chi connectivity index (χ4v) is 2.05. The van der Waals surface area contributed by atoms with E-state index in [2.05, 4.69) is 10.6 Å². The number of amides is 1. The second-order valence-corrected chi connectivity index (χ2v) is 6.02. The molecule has 0 rings (SSSR count). The predicted molar refractivity (Wildman–Crippen MR) is 65.1 cm³/mol. The maximum atomic E-state index is 11.1. The second kappa shape index (κ2) is 8.52. The van der Waals surface area contributed by atoms with Crippen LogP contribution < -0.4 is 10.6 Å². The Morgan fingerprint density at radius 1 is 1.19 bits per heavy atom. The molecule has 0 aliphatic heterocycles. The van der Waals surface area contributed by atoms with Gasteiger partial charge in [-0.15, -0.1) is 0 Å². The monoisotopic (exact) mass is 250 g/mol. The van der Waals surface area contributed by atoms with Crippen LogP contribution in [0.3, 0.4) is 0 Å². The summed E-state index contributed by atoms with van der Waals surface area (Å²) in [6.07, 6.45) is 1.04. The summed E-state index contributed by atoms with van der Waals surface area (Å²) >= 11 is 0. The van der Waals surface area contributed by atoms with Crippen LogP contribution in [0.15, 0.2) is 0 Å². The van der Waals surface area contributed by atoms with Crippen molar-refractivity contribution in [2.75, 3.05) is 31.1 Å². The van der Waals surface area contributed by atoms with Crippen LogP contribution in [0, 0.1) is 0 Å². The molecule has 0 spiro atoms. The number of hydrogen-bond donors (Lipinski definition) is 2. The molecule has 0 atom stereocenters. The Bertz CT molecular complexity index is 288. The molecule has 5 nitrogen and oxygen atoms in total. The first-order valence-corrected chi connectivity index (χ1v) is 7.51. The van der Waals surface area contributed by atoms with Gasteiger partial charge in [0.1, 0.15) is 9.84 Å². The number of rotatable bonds is 9. The topological polar surface area (TPSA) is 75.3 Å². The van der Waals surface area contributed by atoms with Crippen LogP contribution in [0.2, 0.25) is 0 Å². The summed E-state index contributed by atoms with van der Waals surface area (Å²) in [6.45, 7) is 5.41. The lowest BCUT2D eigenvalue weighted by molar-refractivity contribution is -0.120. The third-order valence-corrected chi connectivity index (χ3v) is 3.94. The van der Waals surface area contributed by atoms with E-state index in [0.717, 1.165) is 0 Å². The molecule has 0 aromatic heterocycles. The molecule has 0 aliphatic rings. The van der Waals surface area contributed by atoms with E-state index in [1.807, 2.05) is 6.92 Å². The van der Waals surface area contributed by atoms with Crippen LogP contribution in [0.25, 0.3) is 0 Å². The van der Waals surface area contributed by atoms with Crippen LogP contribution in [0.4, 0.5) is 0 Å². The first kappa shape index (κ1) is 15.4. The van der Waals surface area contributed by atoms with Crippen molar-refractivity contribution < 1.29 is 13.2 Å². The molecule has 16 heavy (non-hydrogen) atoms. The zero-order valence-electron chi connectivity index (χ0n) is 10.1. The summed E-state index contributed by atoms with van der Waals surface area (Å²) in [5, 5.41) is 5.74. The van der Waals surface area contributed by atoms with E-state index >= 15 is 0 Å². The van der Waals surface area contributed by atoms with Gasteiger partial charge in [-0.3, -0.25) is 4.79 Å². The molecule has 0 unspecified atom stereocenters. The van der Waals surface area contributed by atoms with Gasteiger partial charge in [0.25, 0.3) is 0 Å². The van der Waals surface area contributed by atoms with Crippen LogP contribution >= 0.6 is 0 Å². The molecule has 2 N–H and O–H groups in total. The summed E-state index contributed by atoms with van der Waals surface area (Å²) in [6, 6.07) is 0. The van der Waals surface area contributed by atoms with E-state index in [9.17, 15) is 13.2 Å². The lowest BCUT2D eigenvalue weighted by atomic mass is 10.4. The van der Waals surface area contributed by atoms with E-state index in [0.29, 0.717) is 32.5 Å². The smallest absolute Gasteiger partial charge is 0.221 e. The zero-order chi connectivity index (χ0) is 12.4. The summed E-state index contributed by atoms with van der Waals surface area (Å²) in [7, 11) is -2.85. The average molecular weight is 250 g/mol. The Labute approximate surface area is 97.9 Å². The Hall–Kier alpha value is -0.620. The molecule has 0 fully saturated rings. The van der Waals surface area contributed by atoms with E-state index in [-0.39, 0.29) is 17.4 Å². The van der Waals surface area contributed by atoms with Gasteiger partial charge in [0.2, 0.25) is 5.91 Å². The van der Waals surface area contributed by atoms with Gasteiger partial charge in [-0.05, 0) is 19.9 Å². The molecule has 0 aliphatic carbocycles. The van der Waals surface area contributed by atoms with Gasteiger partial charge in [0.15, 0.2) is 0 Å². The summed E-state index contributed by atoms with van der Waals surface area (Å²) in [4.78, 5) is 11.0. The number of carbonyl (C=O) groups is 1. The number of hydrogen-bond acceptors (Lipinski definition) is 4. The van der Waals surface area contributed by atoms with Crippen molar-refractivity contribution in [1.82, 2.24) is 10.6 Å². The first-order chi connectivity index (χ1) is 7.52. The lowest BCUT2D eigenvalue weighted by Gasteiger charge is -2.05. The van der Waals surface area contributed by atoms with Crippen molar-refractivity contribution in [2.24, 2.45) is 0 Å². The highest BCUT2D eigenvalue weighted by Gasteiger charge is 2.05. The highest BCUT2D eigenvalue weighted by atomic mass is 32.2. The number of nitrogens with one attached hydrogen (secondary N) is 2. The minimum Gasteiger partial charge on any atom is -0.356 e. The van der Waals surface area contributed by atoms with Crippen molar-refractivity contribution >= 4 is 15.7 Å². The Kier molecular flexibility index (Phi) is 8.19. The molecule has 1 amide bonds. The fraction of sp³-hybridized carbons (Fsp3) is 0.900. The highest BCUT2D eigenvalue weighted by Crippen LogP contribution is 1.92. The van der Waals surface area contributed by atoms with Crippen LogP contribution in [-0.2, 0) is 14.6 Å². The summed E-state index contributed by atoms with van der Waals surface area (Å²) < 4.78 is 22.3. The maximum absolute atomic E-state index is 11.1. The predicted octanol–water partition coefficient (Wildman–Crippen LogP) is -0.0730. The minimum atomic E-state index is -2.85. The first-order valence-electron chi connectivity index (χ1n) is 5.69. The van der Waals surface area contributed by atoms with Gasteiger partial charge >= 0.3 is 0 Å². The molecule has 6 heteroatoms. The molecule has 0 aromatic carbocycles. The molecule has 0 bridgehead atoms. The zero-order valence-corrected chi connectivity index (χ0v) is 10.9. The SMILES string of the molecule is CCNC(=O)CCNCCCS(=O)(=O)CC. The summed E-state index contributed by atoms with van der Waals surface area (Å²) in [5.41, 5.74) is 0. The lowest BCUT2D eigenvalue weighted by Crippen LogP contribution is -2.28. The van der Waals surface area contributed by atoms with Gasteiger partial charge in [0, 0.05) is 25.3 Å². The third-order valence-electron chi connectivity index (χ3n) is 2.15. The van der Waals surface area contributed by atoms with E-state index in [4.69, 9.17) is 0 Å². The quantitative estimate of drug-likeness (QED) is 0.562. The Morgan fingerprint density at radius 2 is 1.88 bits per heavy atom. The number of sulfone groups is 1. The molecule has 0 radical (unpaired) electrons. The molecular formula is C10H22N2O3S. The Morgan fingerprint density at radius 3 is 2.44 bits per heavy atom. The molecule has 0 aromatic rings. The van der Waals surface area contributed by atoms with Crippen molar-refractivity contribution in [1.29, 1.82) is 0 Å². The van der Waals surface area contributed by atoms with Gasteiger partial charge < -0.3 is 10.6 Å². The van der Waals surface area contributed by atoms with Gasteiger partial charge in [-0.2, -0.15) is 0 Å². The molecule has 0 saturated carbocycles. The van der Waals surface area contributed by atoms with Gasteiger partial charge in [-0.25, -0.2) is 8.42 Å². The molecule has 96 valence electrons. The third kappa shape index (κ3) is 8.67.